The van der Waals surface area contributed by atoms with Gasteiger partial charge in [0.05, 0.1) is 5.56 Å². The molecule has 2 N–H and O–H groups in total. The molecule has 0 saturated heterocycles. The standard InChI is InChI=1S/C22H22ClFN2O2/c1-14-20(12-25-11-17-4-3-5-18(23)10-17)21(22(27)28)15(2)26(14)13-16-6-8-19(24)9-7-16/h3-10,25H,11-13H2,1-2H3,(H,27,28). The number of carboxylic acid groups (broad SMARTS) is 1. The molecule has 3 aromatic rings. The molecule has 6 heteroatoms. The fourth-order valence-corrected chi connectivity index (χ4v) is 3.65. The number of nitrogens with zero attached hydrogens (tertiary/aromatic N) is 1. The minimum absolute atomic E-state index is 0.290. The number of hydrogen-bond donors (Lipinski definition) is 2. The van der Waals surface area contributed by atoms with Gasteiger partial charge in [0, 0.05) is 41.6 Å². The summed E-state index contributed by atoms with van der Waals surface area (Å²) in [6.45, 7) is 5.23. The molecule has 1 aromatic heterocycles. The molecule has 4 nitrogen and oxygen atoms in total. The van der Waals surface area contributed by atoms with Gasteiger partial charge in [-0.25, -0.2) is 9.18 Å². The van der Waals surface area contributed by atoms with Crippen LogP contribution >= 0.6 is 11.6 Å². The fraction of sp³-hybridized carbons (Fsp3) is 0.227. The number of carboxylic acids is 1. The minimum Gasteiger partial charge on any atom is -0.478 e. The molecule has 0 saturated carbocycles. The molecular formula is C22H22ClFN2O2. The Kier molecular flexibility index (Phi) is 6.17. The van der Waals surface area contributed by atoms with E-state index in [1.54, 1.807) is 19.1 Å². The number of halogens is 2. The van der Waals surface area contributed by atoms with Gasteiger partial charge >= 0.3 is 5.97 Å². The zero-order valence-corrected chi connectivity index (χ0v) is 16.6. The molecule has 0 spiro atoms. The summed E-state index contributed by atoms with van der Waals surface area (Å²) < 4.78 is 15.1. The summed E-state index contributed by atoms with van der Waals surface area (Å²) in [5.41, 5.74) is 4.60. The summed E-state index contributed by atoms with van der Waals surface area (Å²) in [4.78, 5) is 11.9. The predicted molar refractivity (Wildman–Crippen MR) is 108 cm³/mol. The van der Waals surface area contributed by atoms with Gasteiger partial charge in [0.1, 0.15) is 5.82 Å². The fourth-order valence-electron chi connectivity index (χ4n) is 3.44. The molecule has 0 aliphatic heterocycles. The predicted octanol–water partition coefficient (Wildman–Crippen LogP) is 4.93. The largest absolute Gasteiger partial charge is 0.478 e. The van der Waals surface area contributed by atoms with E-state index >= 15 is 0 Å². The molecule has 2 aromatic carbocycles. The molecule has 28 heavy (non-hydrogen) atoms. The second-order valence-electron chi connectivity index (χ2n) is 6.78. The first kappa shape index (κ1) is 20.1. The monoisotopic (exact) mass is 400 g/mol. The molecule has 0 unspecified atom stereocenters. The third-order valence-corrected chi connectivity index (χ3v) is 5.13. The molecule has 0 aliphatic rings. The third kappa shape index (κ3) is 4.43. The van der Waals surface area contributed by atoms with Crippen molar-refractivity contribution in [3.8, 4) is 0 Å². The van der Waals surface area contributed by atoms with E-state index in [-0.39, 0.29) is 5.82 Å². The van der Waals surface area contributed by atoms with Gasteiger partial charge < -0.3 is 15.0 Å². The lowest BCUT2D eigenvalue weighted by atomic mass is 10.1. The second kappa shape index (κ2) is 8.59. The summed E-state index contributed by atoms with van der Waals surface area (Å²) >= 11 is 6.01. The highest BCUT2D eigenvalue weighted by molar-refractivity contribution is 6.30. The summed E-state index contributed by atoms with van der Waals surface area (Å²) in [5, 5.41) is 13.7. The Hall–Kier alpha value is -2.63. The smallest absolute Gasteiger partial charge is 0.337 e. The number of benzene rings is 2. The van der Waals surface area contributed by atoms with Gasteiger partial charge in [-0.1, -0.05) is 35.9 Å². The van der Waals surface area contributed by atoms with Gasteiger partial charge in [-0.05, 0) is 49.2 Å². The lowest BCUT2D eigenvalue weighted by Gasteiger charge is -2.10. The molecule has 1 heterocycles. The highest BCUT2D eigenvalue weighted by Gasteiger charge is 2.22. The van der Waals surface area contributed by atoms with Crippen LogP contribution in [0.25, 0.3) is 0 Å². The van der Waals surface area contributed by atoms with Crippen LogP contribution in [0.4, 0.5) is 4.39 Å². The zero-order valence-electron chi connectivity index (χ0n) is 15.8. The topological polar surface area (TPSA) is 54.3 Å². The van der Waals surface area contributed by atoms with Gasteiger partial charge in [0.2, 0.25) is 0 Å². The number of aromatic carboxylic acids is 1. The van der Waals surface area contributed by atoms with Crippen molar-refractivity contribution in [1.29, 1.82) is 0 Å². The van der Waals surface area contributed by atoms with Crippen LogP contribution in [0.15, 0.2) is 48.5 Å². The van der Waals surface area contributed by atoms with Crippen LogP contribution in [0.1, 0.15) is 38.4 Å². The van der Waals surface area contributed by atoms with Crippen LogP contribution in [0.2, 0.25) is 5.02 Å². The minimum atomic E-state index is -0.946. The van der Waals surface area contributed by atoms with E-state index in [4.69, 9.17) is 11.6 Å². The van der Waals surface area contributed by atoms with E-state index in [9.17, 15) is 14.3 Å². The van der Waals surface area contributed by atoms with Crippen LogP contribution in [-0.2, 0) is 19.6 Å². The highest BCUT2D eigenvalue weighted by atomic mass is 35.5. The normalized spacial score (nSPS) is 11.0. The quantitative estimate of drug-likeness (QED) is 0.591. The average molecular weight is 401 g/mol. The number of hydrogen-bond acceptors (Lipinski definition) is 2. The summed E-state index contributed by atoms with van der Waals surface area (Å²) in [6.07, 6.45) is 0. The maximum absolute atomic E-state index is 13.2. The molecule has 0 bridgehead atoms. The Morgan fingerprint density at radius 2 is 1.79 bits per heavy atom. The lowest BCUT2D eigenvalue weighted by Crippen LogP contribution is -2.15. The van der Waals surface area contributed by atoms with Crippen molar-refractivity contribution < 1.29 is 14.3 Å². The van der Waals surface area contributed by atoms with Crippen molar-refractivity contribution >= 4 is 17.6 Å². The van der Waals surface area contributed by atoms with E-state index in [0.29, 0.717) is 35.9 Å². The van der Waals surface area contributed by atoms with Crippen molar-refractivity contribution in [2.45, 2.75) is 33.5 Å². The van der Waals surface area contributed by atoms with Crippen molar-refractivity contribution in [3.63, 3.8) is 0 Å². The van der Waals surface area contributed by atoms with Crippen LogP contribution < -0.4 is 5.32 Å². The third-order valence-electron chi connectivity index (χ3n) is 4.90. The number of carbonyl (C=O) groups is 1. The number of aromatic nitrogens is 1. The van der Waals surface area contributed by atoms with E-state index in [0.717, 1.165) is 22.4 Å². The van der Waals surface area contributed by atoms with E-state index in [1.165, 1.54) is 12.1 Å². The van der Waals surface area contributed by atoms with E-state index in [2.05, 4.69) is 5.32 Å². The summed E-state index contributed by atoms with van der Waals surface area (Å²) in [5.74, 6) is -1.24. The second-order valence-corrected chi connectivity index (χ2v) is 7.21. The molecular weight excluding hydrogens is 379 g/mol. The molecule has 0 amide bonds. The summed E-state index contributed by atoms with van der Waals surface area (Å²) in [7, 11) is 0. The van der Waals surface area contributed by atoms with Gasteiger partial charge in [0.25, 0.3) is 0 Å². The zero-order chi connectivity index (χ0) is 20.3. The Morgan fingerprint density at radius 3 is 2.43 bits per heavy atom. The van der Waals surface area contributed by atoms with Crippen LogP contribution in [0.3, 0.4) is 0 Å². The number of rotatable bonds is 7. The van der Waals surface area contributed by atoms with Crippen molar-refractivity contribution in [2.75, 3.05) is 0 Å². The Morgan fingerprint density at radius 1 is 1.07 bits per heavy atom. The Labute approximate surface area is 168 Å². The maximum Gasteiger partial charge on any atom is 0.337 e. The van der Waals surface area contributed by atoms with Gasteiger partial charge in [-0.2, -0.15) is 0 Å². The molecule has 0 aliphatic carbocycles. The van der Waals surface area contributed by atoms with E-state index in [1.807, 2.05) is 35.8 Å². The Balaban J connectivity index is 1.83. The molecule has 0 radical (unpaired) electrons. The molecule has 0 atom stereocenters. The van der Waals surface area contributed by atoms with Crippen molar-refractivity contribution in [3.05, 3.63) is 93.0 Å². The first-order chi connectivity index (χ1) is 13.4. The lowest BCUT2D eigenvalue weighted by molar-refractivity contribution is 0.0694. The first-order valence-electron chi connectivity index (χ1n) is 8.98. The Bertz CT molecular complexity index is 997. The van der Waals surface area contributed by atoms with E-state index < -0.39 is 5.97 Å². The SMILES string of the molecule is Cc1c(CNCc2cccc(Cl)c2)c(C(=O)O)c(C)n1Cc1ccc(F)cc1. The first-order valence-corrected chi connectivity index (χ1v) is 9.36. The molecule has 0 fully saturated rings. The van der Waals surface area contributed by atoms with Gasteiger partial charge in [0.15, 0.2) is 0 Å². The van der Waals surface area contributed by atoms with Crippen molar-refractivity contribution in [1.82, 2.24) is 9.88 Å². The molecule has 3 rings (SSSR count). The maximum atomic E-state index is 13.2. The average Bonchev–Trinajstić information content (AvgIpc) is 2.88. The van der Waals surface area contributed by atoms with Crippen LogP contribution in [0.5, 0.6) is 0 Å². The van der Waals surface area contributed by atoms with Crippen LogP contribution in [-0.4, -0.2) is 15.6 Å². The van der Waals surface area contributed by atoms with Crippen molar-refractivity contribution in [2.24, 2.45) is 0 Å². The molecule has 146 valence electrons. The van der Waals surface area contributed by atoms with Crippen LogP contribution in [0, 0.1) is 19.7 Å². The van der Waals surface area contributed by atoms with Gasteiger partial charge in [-0.3, -0.25) is 0 Å². The summed E-state index contributed by atoms with van der Waals surface area (Å²) in [6, 6.07) is 13.8. The highest BCUT2D eigenvalue weighted by Crippen LogP contribution is 2.24. The van der Waals surface area contributed by atoms with Gasteiger partial charge in [-0.15, -0.1) is 0 Å². The number of nitrogens with one attached hydrogen (secondary N) is 1.